The van der Waals surface area contributed by atoms with Gasteiger partial charge in [-0.3, -0.25) is 9.48 Å². The van der Waals surface area contributed by atoms with Crippen molar-refractivity contribution in [2.24, 2.45) is 5.92 Å². The van der Waals surface area contributed by atoms with Gasteiger partial charge in [0, 0.05) is 37.0 Å². The van der Waals surface area contributed by atoms with Gasteiger partial charge in [0.1, 0.15) is 6.61 Å². The summed E-state index contributed by atoms with van der Waals surface area (Å²) in [6.45, 7) is 4.51. The Morgan fingerprint density at radius 2 is 1.94 bits per heavy atom. The summed E-state index contributed by atoms with van der Waals surface area (Å²) in [6, 6.07) is 15.5. The molecule has 2 aromatic carbocycles. The minimum absolute atomic E-state index is 0.246. The number of hydrogen-bond donors (Lipinski definition) is 0. The molecule has 1 aliphatic heterocycles. The molecule has 31 heavy (non-hydrogen) atoms. The van der Waals surface area contributed by atoms with Crippen LogP contribution in [0.5, 0.6) is 0 Å². The van der Waals surface area contributed by atoms with Crippen LogP contribution in [0.1, 0.15) is 34.3 Å². The zero-order valence-electron chi connectivity index (χ0n) is 17.7. The molecule has 1 fully saturated rings. The first kappa shape index (κ1) is 20.8. The number of benzene rings is 2. The number of nitrogens with zero attached hydrogens (tertiary/aromatic N) is 3. The highest BCUT2D eigenvalue weighted by molar-refractivity contribution is 5.87. The van der Waals surface area contributed by atoms with Crippen molar-refractivity contribution in [3.63, 3.8) is 0 Å². The van der Waals surface area contributed by atoms with E-state index in [-0.39, 0.29) is 6.09 Å². The predicted octanol–water partition coefficient (Wildman–Crippen LogP) is 4.72. The Labute approximate surface area is 182 Å². The molecule has 1 aliphatic rings. The van der Waals surface area contributed by atoms with Crippen molar-refractivity contribution in [3.8, 4) is 11.1 Å². The first-order valence-electron chi connectivity index (χ1n) is 10.7. The number of piperidine rings is 1. The fraction of sp³-hybridized carbons (Fsp3) is 0.320. The number of carbonyl (C=O) groups excluding carboxylic acids is 2. The van der Waals surface area contributed by atoms with Gasteiger partial charge in [-0.25, -0.2) is 4.79 Å². The lowest BCUT2D eigenvalue weighted by atomic mass is 9.97. The zero-order valence-corrected chi connectivity index (χ0v) is 17.7. The molecule has 6 heteroatoms. The van der Waals surface area contributed by atoms with E-state index in [9.17, 15) is 9.59 Å². The molecule has 0 saturated carbocycles. The van der Waals surface area contributed by atoms with Gasteiger partial charge in [0.05, 0.1) is 6.20 Å². The molecule has 0 atom stereocenters. The highest BCUT2D eigenvalue weighted by Gasteiger charge is 2.24. The molecule has 1 aromatic heterocycles. The van der Waals surface area contributed by atoms with Crippen LogP contribution in [-0.4, -0.2) is 40.1 Å². The lowest BCUT2D eigenvalue weighted by molar-refractivity contribution is 0.0803. The lowest BCUT2D eigenvalue weighted by Crippen LogP contribution is -2.39. The topological polar surface area (TPSA) is 64.4 Å². The summed E-state index contributed by atoms with van der Waals surface area (Å²) < 4.78 is 7.39. The van der Waals surface area contributed by atoms with Crippen LogP contribution in [0, 0.1) is 12.8 Å². The molecule has 0 aliphatic carbocycles. The normalized spacial score (nSPS) is 14.4. The van der Waals surface area contributed by atoms with E-state index in [2.05, 4.69) is 5.10 Å². The van der Waals surface area contributed by atoms with Crippen molar-refractivity contribution in [2.45, 2.75) is 32.9 Å². The second-order valence-corrected chi connectivity index (χ2v) is 8.13. The fourth-order valence-corrected chi connectivity index (χ4v) is 4.00. The highest BCUT2D eigenvalue weighted by atomic mass is 16.6. The summed E-state index contributed by atoms with van der Waals surface area (Å²) in [4.78, 5) is 25.5. The summed E-state index contributed by atoms with van der Waals surface area (Å²) in [5.74, 6) is 0.453. The minimum atomic E-state index is -0.246. The number of hydrogen-bond acceptors (Lipinski definition) is 4. The SMILES string of the molecule is Cc1ccc(C=O)c(-c2cnn(CC3CCN(C(=O)OCc4ccccc4)CC3)c2)c1. The molecule has 0 N–H and O–H groups in total. The van der Waals surface area contributed by atoms with Gasteiger partial charge >= 0.3 is 6.09 Å². The van der Waals surface area contributed by atoms with E-state index in [0.29, 0.717) is 31.2 Å². The monoisotopic (exact) mass is 417 g/mol. The average Bonchev–Trinajstić information content (AvgIpc) is 3.27. The summed E-state index contributed by atoms with van der Waals surface area (Å²) in [6.07, 6.45) is 6.29. The molecular weight excluding hydrogens is 390 g/mol. The minimum Gasteiger partial charge on any atom is -0.445 e. The maximum Gasteiger partial charge on any atom is 0.410 e. The molecule has 160 valence electrons. The van der Waals surface area contributed by atoms with Crippen LogP contribution in [0.3, 0.4) is 0 Å². The number of carbonyl (C=O) groups is 2. The van der Waals surface area contributed by atoms with Gasteiger partial charge in [-0.05, 0) is 36.8 Å². The third-order valence-electron chi connectivity index (χ3n) is 5.80. The third-order valence-corrected chi connectivity index (χ3v) is 5.80. The van der Waals surface area contributed by atoms with Crippen LogP contribution in [-0.2, 0) is 17.9 Å². The number of ether oxygens (including phenoxy) is 1. The Kier molecular flexibility index (Phi) is 6.46. The van der Waals surface area contributed by atoms with E-state index in [0.717, 1.165) is 47.9 Å². The molecule has 1 amide bonds. The van der Waals surface area contributed by atoms with Gasteiger partial charge in [0.15, 0.2) is 6.29 Å². The molecule has 6 nitrogen and oxygen atoms in total. The van der Waals surface area contributed by atoms with Crippen LogP contribution in [0.15, 0.2) is 60.9 Å². The van der Waals surface area contributed by atoms with Crippen LogP contribution in [0.2, 0.25) is 0 Å². The van der Waals surface area contributed by atoms with Gasteiger partial charge < -0.3 is 9.64 Å². The molecule has 0 unspecified atom stereocenters. The molecule has 0 bridgehead atoms. The Hall–Kier alpha value is -3.41. The Bertz CT molecular complexity index is 1040. The van der Waals surface area contributed by atoms with E-state index in [1.54, 1.807) is 4.90 Å². The number of aldehydes is 1. The second-order valence-electron chi connectivity index (χ2n) is 8.13. The van der Waals surface area contributed by atoms with Crippen molar-refractivity contribution in [2.75, 3.05) is 13.1 Å². The Balaban J connectivity index is 1.29. The average molecular weight is 418 g/mol. The number of aromatic nitrogens is 2. The molecule has 2 heterocycles. The zero-order chi connectivity index (χ0) is 21.6. The van der Waals surface area contributed by atoms with Gasteiger partial charge in [-0.1, -0.05) is 54.1 Å². The molecule has 4 rings (SSSR count). The van der Waals surface area contributed by atoms with Crippen molar-refractivity contribution in [1.29, 1.82) is 0 Å². The summed E-state index contributed by atoms with van der Waals surface area (Å²) in [7, 11) is 0. The van der Waals surface area contributed by atoms with Crippen LogP contribution < -0.4 is 0 Å². The van der Waals surface area contributed by atoms with Crippen molar-refractivity contribution in [1.82, 2.24) is 14.7 Å². The number of rotatable bonds is 6. The van der Waals surface area contributed by atoms with Crippen molar-refractivity contribution >= 4 is 12.4 Å². The second kappa shape index (κ2) is 9.60. The maximum atomic E-state index is 12.3. The van der Waals surface area contributed by atoms with Crippen molar-refractivity contribution in [3.05, 3.63) is 77.6 Å². The summed E-state index contributed by atoms with van der Waals surface area (Å²) in [5.41, 5.74) is 4.64. The first-order chi connectivity index (χ1) is 15.1. The predicted molar refractivity (Wildman–Crippen MR) is 119 cm³/mol. The van der Waals surface area contributed by atoms with E-state index in [1.807, 2.05) is 72.5 Å². The van der Waals surface area contributed by atoms with Crippen LogP contribution in [0.4, 0.5) is 4.79 Å². The van der Waals surface area contributed by atoms with Gasteiger partial charge in [-0.15, -0.1) is 0 Å². The molecular formula is C25H27N3O3. The number of likely N-dealkylation sites (tertiary alicyclic amines) is 1. The Morgan fingerprint density at radius 3 is 2.68 bits per heavy atom. The molecule has 0 spiro atoms. The highest BCUT2D eigenvalue weighted by Crippen LogP contribution is 2.25. The third kappa shape index (κ3) is 5.20. The van der Waals surface area contributed by atoms with Gasteiger partial charge in [0.2, 0.25) is 0 Å². The van der Waals surface area contributed by atoms with Crippen molar-refractivity contribution < 1.29 is 14.3 Å². The van der Waals surface area contributed by atoms with Gasteiger partial charge in [-0.2, -0.15) is 5.10 Å². The number of amides is 1. The van der Waals surface area contributed by atoms with E-state index >= 15 is 0 Å². The first-order valence-corrected chi connectivity index (χ1v) is 10.7. The van der Waals surface area contributed by atoms with Crippen LogP contribution in [0.25, 0.3) is 11.1 Å². The summed E-state index contributed by atoms with van der Waals surface area (Å²) in [5, 5.41) is 4.50. The molecule has 3 aromatic rings. The standard InChI is InChI=1S/C25H27N3O3/c1-19-7-8-22(17-29)24(13-19)23-14-26-28(16-23)15-20-9-11-27(12-10-20)25(30)31-18-21-5-3-2-4-6-21/h2-8,13-14,16-17,20H,9-12,15,18H2,1H3. The van der Waals surface area contributed by atoms with E-state index < -0.39 is 0 Å². The maximum absolute atomic E-state index is 12.3. The fourth-order valence-electron chi connectivity index (χ4n) is 4.00. The molecule has 1 saturated heterocycles. The molecule has 0 radical (unpaired) electrons. The number of aryl methyl sites for hydroxylation is 1. The Morgan fingerprint density at radius 1 is 1.16 bits per heavy atom. The van der Waals surface area contributed by atoms with Crippen LogP contribution >= 0.6 is 0 Å². The summed E-state index contributed by atoms with van der Waals surface area (Å²) >= 11 is 0. The quantitative estimate of drug-likeness (QED) is 0.545. The van der Waals surface area contributed by atoms with Gasteiger partial charge in [0.25, 0.3) is 0 Å². The van der Waals surface area contributed by atoms with E-state index in [1.165, 1.54) is 0 Å². The lowest BCUT2D eigenvalue weighted by Gasteiger charge is -2.31. The largest absolute Gasteiger partial charge is 0.445 e. The smallest absolute Gasteiger partial charge is 0.410 e. The van der Waals surface area contributed by atoms with E-state index in [4.69, 9.17) is 4.74 Å².